The molecule has 0 aliphatic rings. The van der Waals surface area contributed by atoms with Crippen molar-refractivity contribution >= 4 is 34.4 Å². The Bertz CT molecular complexity index is 748. The third-order valence-electron chi connectivity index (χ3n) is 3.43. The van der Waals surface area contributed by atoms with Gasteiger partial charge in [0.1, 0.15) is 11.3 Å². The van der Waals surface area contributed by atoms with Crippen LogP contribution in [0.3, 0.4) is 0 Å². The number of carboxylic acids is 2. The van der Waals surface area contributed by atoms with E-state index in [2.05, 4.69) is 18.8 Å². The molecule has 0 spiro atoms. The van der Waals surface area contributed by atoms with Gasteiger partial charge in [-0.15, -0.1) is 0 Å². The molecule has 2 aromatic rings. The van der Waals surface area contributed by atoms with Gasteiger partial charge in [0.05, 0.1) is 5.02 Å². The van der Waals surface area contributed by atoms with Gasteiger partial charge in [0.15, 0.2) is 6.61 Å². The maximum atomic E-state index is 10.4. The summed E-state index contributed by atoms with van der Waals surface area (Å²) in [6, 6.07) is 6.83. The number of rotatable bonds is 7. The minimum absolute atomic E-state index is 0.304. The molecule has 26 heavy (non-hydrogen) atoms. The van der Waals surface area contributed by atoms with Crippen molar-refractivity contribution in [3.05, 3.63) is 35.5 Å². The van der Waals surface area contributed by atoms with E-state index < -0.39 is 18.5 Å². The van der Waals surface area contributed by atoms with Crippen LogP contribution < -0.4 is 4.74 Å². The minimum Gasteiger partial charge on any atom is -0.481 e. The minimum atomic E-state index is -1.03. The fourth-order valence-corrected chi connectivity index (χ4v) is 2.77. The fraction of sp³-hybridized carbons (Fsp3) is 0.421. The quantitative estimate of drug-likeness (QED) is 0.733. The zero-order valence-corrected chi connectivity index (χ0v) is 15.9. The van der Waals surface area contributed by atoms with Gasteiger partial charge in [-0.25, -0.2) is 4.79 Å². The van der Waals surface area contributed by atoms with Crippen molar-refractivity contribution in [1.82, 2.24) is 4.98 Å². The molecule has 142 valence electrons. The molecule has 2 N–H and O–H groups in total. The number of carbonyl (C=O) groups is 2. The lowest BCUT2D eigenvalue weighted by molar-refractivity contribution is -0.139. The number of hydrogen-bond acceptors (Lipinski definition) is 4. The second-order valence-electron chi connectivity index (χ2n) is 6.46. The van der Waals surface area contributed by atoms with Crippen LogP contribution >= 0.6 is 11.6 Å². The predicted octanol–water partition coefficient (Wildman–Crippen LogP) is 4.49. The van der Waals surface area contributed by atoms with Crippen LogP contribution in [0.2, 0.25) is 5.02 Å². The van der Waals surface area contributed by atoms with Crippen LogP contribution in [0.25, 0.3) is 10.9 Å². The van der Waals surface area contributed by atoms with Crippen LogP contribution in [0.4, 0.5) is 0 Å². The van der Waals surface area contributed by atoms with Crippen molar-refractivity contribution in [2.45, 2.75) is 33.6 Å². The Morgan fingerprint density at radius 2 is 1.85 bits per heavy atom. The molecular weight excluding hydrogens is 358 g/mol. The van der Waals surface area contributed by atoms with Gasteiger partial charge >= 0.3 is 11.9 Å². The Balaban J connectivity index is 0.000000294. The third kappa shape index (κ3) is 7.70. The fourth-order valence-electron chi connectivity index (χ4n) is 2.55. The smallest absolute Gasteiger partial charge is 0.341 e. The molecule has 0 fully saturated rings. The van der Waals surface area contributed by atoms with E-state index in [9.17, 15) is 9.59 Å². The number of aliphatic carboxylic acids is 2. The Labute approximate surface area is 157 Å². The second-order valence-corrected chi connectivity index (χ2v) is 6.87. The number of carboxylic acid groups (broad SMARTS) is 2. The molecule has 7 heteroatoms. The SMILES string of the molecule is CC(C)CC(C)CC(=O)O.O=C(O)COc1ccc(Cl)c2cccnc12. The van der Waals surface area contributed by atoms with Crippen LogP contribution in [0.15, 0.2) is 30.5 Å². The molecule has 0 saturated carbocycles. The van der Waals surface area contributed by atoms with Crippen molar-refractivity contribution in [2.24, 2.45) is 11.8 Å². The van der Waals surface area contributed by atoms with Crippen LogP contribution in [-0.4, -0.2) is 33.7 Å². The highest BCUT2D eigenvalue weighted by atomic mass is 35.5. The van der Waals surface area contributed by atoms with Crippen molar-refractivity contribution < 1.29 is 24.5 Å². The highest BCUT2D eigenvalue weighted by Crippen LogP contribution is 2.29. The molecule has 1 atom stereocenters. The number of fused-ring (bicyclic) bond motifs is 1. The van der Waals surface area contributed by atoms with Crippen LogP contribution in [0.1, 0.15) is 33.6 Å². The Morgan fingerprint density at radius 1 is 1.15 bits per heavy atom. The normalized spacial score (nSPS) is 11.6. The topological polar surface area (TPSA) is 96.7 Å². The molecule has 0 saturated heterocycles. The number of nitrogens with zero attached hydrogens (tertiary/aromatic N) is 1. The molecule has 0 aliphatic heterocycles. The van der Waals surface area contributed by atoms with Gasteiger partial charge in [-0.3, -0.25) is 9.78 Å². The maximum absolute atomic E-state index is 10.4. The summed E-state index contributed by atoms with van der Waals surface area (Å²) in [6.07, 6.45) is 2.91. The first kappa shape index (κ1) is 21.7. The first-order valence-corrected chi connectivity index (χ1v) is 8.68. The summed E-state index contributed by atoms with van der Waals surface area (Å²) in [5.74, 6) is -0.374. The van der Waals surface area contributed by atoms with Gasteiger partial charge < -0.3 is 14.9 Å². The Morgan fingerprint density at radius 3 is 2.42 bits per heavy atom. The van der Waals surface area contributed by atoms with Crippen LogP contribution in [0.5, 0.6) is 5.75 Å². The van der Waals surface area contributed by atoms with E-state index in [1.165, 1.54) is 0 Å². The zero-order valence-electron chi connectivity index (χ0n) is 15.1. The summed E-state index contributed by atoms with van der Waals surface area (Å²) < 4.78 is 5.12. The molecule has 2 rings (SSSR count). The van der Waals surface area contributed by atoms with Gasteiger partial charge in [0.25, 0.3) is 0 Å². The average molecular weight is 382 g/mol. The molecule has 1 unspecified atom stereocenters. The van der Waals surface area contributed by atoms with E-state index in [4.69, 9.17) is 26.6 Å². The lowest BCUT2D eigenvalue weighted by Crippen LogP contribution is -2.09. The highest BCUT2D eigenvalue weighted by molar-refractivity contribution is 6.35. The summed E-state index contributed by atoms with van der Waals surface area (Å²) in [4.78, 5) is 24.7. The molecule has 6 nitrogen and oxygen atoms in total. The van der Waals surface area contributed by atoms with Gasteiger partial charge in [-0.1, -0.05) is 32.4 Å². The van der Waals surface area contributed by atoms with Crippen LogP contribution in [-0.2, 0) is 9.59 Å². The highest BCUT2D eigenvalue weighted by Gasteiger charge is 2.09. The summed E-state index contributed by atoms with van der Waals surface area (Å²) in [7, 11) is 0. The number of hydrogen-bond donors (Lipinski definition) is 2. The number of pyridine rings is 1. The van der Waals surface area contributed by atoms with Gasteiger partial charge in [0.2, 0.25) is 0 Å². The monoisotopic (exact) mass is 381 g/mol. The Hall–Kier alpha value is -2.34. The van der Waals surface area contributed by atoms with Crippen molar-refractivity contribution in [2.75, 3.05) is 6.61 Å². The van der Waals surface area contributed by atoms with Crippen molar-refractivity contribution in [3.8, 4) is 5.75 Å². The van der Waals surface area contributed by atoms with Crippen molar-refractivity contribution in [3.63, 3.8) is 0 Å². The van der Waals surface area contributed by atoms with E-state index in [1.807, 2.05) is 6.92 Å². The number of aromatic nitrogens is 1. The van der Waals surface area contributed by atoms with Gasteiger partial charge in [0, 0.05) is 18.0 Å². The largest absolute Gasteiger partial charge is 0.481 e. The van der Waals surface area contributed by atoms with Crippen LogP contribution in [0, 0.1) is 11.8 Å². The predicted molar refractivity (Wildman–Crippen MR) is 101 cm³/mol. The van der Waals surface area contributed by atoms with E-state index in [0.29, 0.717) is 34.5 Å². The lowest BCUT2D eigenvalue weighted by Gasteiger charge is -2.10. The summed E-state index contributed by atoms with van der Waals surface area (Å²) >= 11 is 5.98. The molecule has 0 amide bonds. The molecule has 0 bridgehead atoms. The van der Waals surface area contributed by atoms with E-state index in [0.717, 1.165) is 11.8 Å². The van der Waals surface area contributed by atoms with Gasteiger partial charge in [-0.05, 0) is 42.5 Å². The maximum Gasteiger partial charge on any atom is 0.341 e. The van der Waals surface area contributed by atoms with Gasteiger partial charge in [-0.2, -0.15) is 0 Å². The second kappa shape index (κ2) is 10.6. The van der Waals surface area contributed by atoms with E-state index in [1.54, 1.807) is 30.5 Å². The third-order valence-corrected chi connectivity index (χ3v) is 3.76. The molecule has 1 heterocycles. The Kier molecular flexibility index (Phi) is 8.85. The number of benzene rings is 1. The summed E-state index contributed by atoms with van der Waals surface area (Å²) in [5, 5.41) is 18.2. The molecule has 0 radical (unpaired) electrons. The first-order valence-electron chi connectivity index (χ1n) is 8.30. The van der Waals surface area contributed by atoms with E-state index in [-0.39, 0.29) is 0 Å². The average Bonchev–Trinajstić information content (AvgIpc) is 2.53. The zero-order chi connectivity index (χ0) is 19.7. The molecular formula is C19H24ClNO5. The summed E-state index contributed by atoms with van der Waals surface area (Å²) in [5.41, 5.74) is 0.566. The number of halogens is 1. The summed E-state index contributed by atoms with van der Waals surface area (Å²) in [6.45, 7) is 5.80. The standard InChI is InChI=1S/C11H8ClNO3.C8H16O2/c12-8-3-4-9(16-6-10(14)15)11-7(8)2-1-5-13-11;1-6(2)4-7(3)5-8(9)10/h1-5H,6H2,(H,14,15);6-7H,4-5H2,1-3H3,(H,9,10). The molecule has 0 aliphatic carbocycles. The molecule has 1 aromatic carbocycles. The number of ether oxygens (including phenoxy) is 1. The first-order chi connectivity index (χ1) is 12.2. The van der Waals surface area contributed by atoms with E-state index >= 15 is 0 Å². The van der Waals surface area contributed by atoms with Crippen molar-refractivity contribution in [1.29, 1.82) is 0 Å². The molecule has 1 aromatic heterocycles. The lowest BCUT2D eigenvalue weighted by atomic mass is 9.96.